The van der Waals surface area contributed by atoms with Crippen LogP contribution >= 0.6 is 23.1 Å². The Labute approximate surface area is 129 Å². The number of unbranched alkanes of at least 4 members (excludes halogenated alkanes) is 2. The maximum atomic E-state index is 12.0. The van der Waals surface area contributed by atoms with Crippen molar-refractivity contribution in [3.63, 3.8) is 0 Å². The number of amides is 1. The Bertz CT molecular complexity index is 486. The molecule has 0 aromatic carbocycles. The first-order chi connectivity index (χ1) is 9.69. The molecular weight excluding hydrogens is 290 g/mol. The Morgan fingerprint density at radius 3 is 2.95 bits per heavy atom. The van der Waals surface area contributed by atoms with Crippen molar-refractivity contribution in [3.8, 4) is 11.8 Å². The number of hydrogen-bond donors (Lipinski definition) is 2. The first-order valence-electron chi connectivity index (χ1n) is 6.66. The lowest BCUT2D eigenvalue weighted by molar-refractivity contribution is 0.0957. The molecule has 0 radical (unpaired) electrons. The molecular formula is C15H21NO2S2. The van der Waals surface area contributed by atoms with E-state index in [2.05, 4.69) is 23.4 Å². The summed E-state index contributed by atoms with van der Waals surface area (Å²) in [4.78, 5) is 13.5. The quantitative estimate of drug-likeness (QED) is 0.601. The zero-order chi connectivity index (χ0) is 14.8. The third kappa shape index (κ3) is 6.00. The van der Waals surface area contributed by atoms with E-state index in [0.717, 1.165) is 29.8 Å². The number of thiophene rings is 1. The van der Waals surface area contributed by atoms with Crippen molar-refractivity contribution < 1.29 is 9.90 Å². The van der Waals surface area contributed by atoms with Gasteiger partial charge in [-0.25, -0.2) is 0 Å². The van der Waals surface area contributed by atoms with E-state index in [1.165, 1.54) is 23.5 Å². The number of aliphatic hydroxyl groups excluding tert-OH is 1. The minimum Gasteiger partial charge on any atom is -0.384 e. The highest BCUT2D eigenvalue weighted by molar-refractivity contribution is 7.98. The second kappa shape index (κ2) is 9.87. The maximum absolute atomic E-state index is 12.0. The fourth-order valence-corrected chi connectivity index (χ4v) is 3.13. The zero-order valence-corrected chi connectivity index (χ0v) is 13.6. The van der Waals surface area contributed by atoms with Crippen LogP contribution in [0.1, 0.15) is 39.4 Å². The summed E-state index contributed by atoms with van der Waals surface area (Å²) in [7, 11) is 0. The van der Waals surface area contributed by atoms with Crippen molar-refractivity contribution in [1.29, 1.82) is 0 Å². The zero-order valence-electron chi connectivity index (χ0n) is 12.0. The largest absolute Gasteiger partial charge is 0.384 e. The molecule has 110 valence electrons. The predicted molar refractivity (Wildman–Crippen MR) is 87.6 cm³/mol. The van der Waals surface area contributed by atoms with Gasteiger partial charge >= 0.3 is 0 Å². The Morgan fingerprint density at radius 2 is 2.25 bits per heavy atom. The molecule has 20 heavy (non-hydrogen) atoms. The van der Waals surface area contributed by atoms with Gasteiger partial charge in [0.05, 0.1) is 9.75 Å². The smallest absolute Gasteiger partial charge is 0.261 e. The fraction of sp³-hybridized carbons (Fsp3) is 0.533. The van der Waals surface area contributed by atoms with Gasteiger partial charge in [0.25, 0.3) is 5.91 Å². The van der Waals surface area contributed by atoms with Gasteiger partial charge in [-0.15, -0.1) is 11.3 Å². The molecule has 0 aliphatic carbocycles. The molecule has 5 heteroatoms. The van der Waals surface area contributed by atoms with E-state index in [1.54, 1.807) is 0 Å². The molecule has 0 spiro atoms. The first kappa shape index (κ1) is 17.1. The molecule has 0 atom stereocenters. The van der Waals surface area contributed by atoms with Gasteiger partial charge in [0, 0.05) is 6.54 Å². The minimum absolute atomic E-state index is 0.0278. The van der Waals surface area contributed by atoms with Crippen LogP contribution in [0, 0.1) is 18.8 Å². The molecule has 1 amide bonds. The Morgan fingerprint density at radius 1 is 1.45 bits per heavy atom. The average molecular weight is 311 g/mol. The number of hydrogen-bond acceptors (Lipinski definition) is 4. The van der Waals surface area contributed by atoms with Gasteiger partial charge in [-0.1, -0.05) is 18.3 Å². The topological polar surface area (TPSA) is 49.3 Å². The van der Waals surface area contributed by atoms with Gasteiger partial charge in [0.2, 0.25) is 0 Å². The fourth-order valence-electron chi connectivity index (χ4n) is 1.68. The van der Waals surface area contributed by atoms with Crippen LogP contribution < -0.4 is 5.32 Å². The third-order valence-electron chi connectivity index (χ3n) is 2.73. The van der Waals surface area contributed by atoms with E-state index in [0.29, 0.717) is 4.88 Å². The standard InChI is InChI=1S/C15H21NO2S2/c1-12-11-14(20-13(12)7-6-9-17)15(18)16-8-4-3-5-10-19-2/h11,17H,3-5,8-10H2,1-2H3,(H,16,18). The Hall–Kier alpha value is -0.960. The molecule has 0 fully saturated rings. The second-order valence-electron chi connectivity index (χ2n) is 4.39. The number of rotatable bonds is 7. The third-order valence-corrected chi connectivity index (χ3v) is 4.58. The number of thioether (sulfide) groups is 1. The van der Waals surface area contributed by atoms with E-state index in [1.807, 2.05) is 24.8 Å². The monoisotopic (exact) mass is 311 g/mol. The average Bonchev–Trinajstić information content (AvgIpc) is 2.81. The Balaban J connectivity index is 2.40. The molecule has 1 rings (SSSR count). The van der Waals surface area contributed by atoms with Crippen LogP contribution in [0.2, 0.25) is 0 Å². The molecule has 0 unspecified atom stereocenters. The summed E-state index contributed by atoms with van der Waals surface area (Å²) in [6.07, 6.45) is 5.49. The van der Waals surface area contributed by atoms with E-state index in [4.69, 9.17) is 5.11 Å². The van der Waals surface area contributed by atoms with Gasteiger partial charge in [0.1, 0.15) is 6.61 Å². The Kier molecular flexibility index (Phi) is 8.43. The van der Waals surface area contributed by atoms with Gasteiger partial charge in [-0.3, -0.25) is 4.79 Å². The van der Waals surface area contributed by atoms with E-state index >= 15 is 0 Å². The lowest BCUT2D eigenvalue weighted by Gasteiger charge is -2.03. The minimum atomic E-state index is -0.158. The van der Waals surface area contributed by atoms with Gasteiger partial charge in [-0.2, -0.15) is 11.8 Å². The summed E-state index contributed by atoms with van der Waals surface area (Å²) in [5, 5.41) is 11.6. The molecule has 1 aromatic heterocycles. The summed E-state index contributed by atoms with van der Waals surface area (Å²) in [6.45, 7) is 2.49. The van der Waals surface area contributed by atoms with Crippen LogP contribution in [0.25, 0.3) is 0 Å². The van der Waals surface area contributed by atoms with Crippen LogP contribution in [0.5, 0.6) is 0 Å². The van der Waals surface area contributed by atoms with Crippen LogP contribution in [0.3, 0.4) is 0 Å². The molecule has 2 N–H and O–H groups in total. The number of carbonyl (C=O) groups excluding carboxylic acids is 1. The predicted octanol–water partition coefficient (Wildman–Crippen LogP) is 2.66. The molecule has 0 aliphatic heterocycles. The van der Waals surface area contributed by atoms with Crippen molar-refractivity contribution in [3.05, 3.63) is 21.4 Å². The summed E-state index contributed by atoms with van der Waals surface area (Å²) in [5.41, 5.74) is 0.987. The SMILES string of the molecule is CSCCCCCNC(=O)c1cc(C)c(C#CCO)s1. The number of nitrogens with one attached hydrogen (secondary N) is 1. The lowest BCUT2D eigenvalue weighted by atomic mass is 10.2. The molecule has 1 aromatic rings. The van der Waals surface area contributed by atoms with Crippen LogP contribution in [0.4, 0.5) is 0 Å². The summed E-state index contributed by atoms with van der Waals surface area (Å²) in [5.74, 6) is 6.63. The molecule has 0 saturated carbocycles. The molecule has 0 saturated heterocycles. The van der Waals surface area contributed by atoms with Gasteiger partial charge in [0.15, 0.2) is 0 Å². The van der Waals surface area contributed by atoms with E-state index in [9.17, 15) is 4.79 Å². The highest BCUT2D eigenvalue weighted by Gasteiger charge is 2.10. The molecule has 1 heterocycles. The van der Waals surface area contributed by atoms with Crippen LogP contribution in [-0.2, 0) is 0 Å². The number of aryl methyl sites for hydroxylation is 1. The molecule has 0 bridgehead atoms. The van der Waals surface area contributed by atoms with Crippen LogP contribution in [-0.4, -0.2) is 36.2 Å². The maximum Gasteiger partial charge on any atom is 0.261 e. The molecule has 0 aliphatic rings. The summed E-state index contributed by atoms with van der Waals surface area (Å²) >= 11 is 3.24. The lowest BCUT2D eigenvalue weighted by Crippen LogP contribution is -2.23. The van der Waals surface area contributed by atoms with Crippen molar-refractivity contribution in [2.45, 2.75) is 26.2 Å². The van der Waals surface area contributed by atoms with E-state index in [-0.39, 0.29) is 12.5 Å². The number of carbonyl (C=O) groups is 1. The van der Waals surface area contributed by atoms with Gasteiger partial charge < -0.3 is 10.4 Å². The van der Waals surface area contributed by atoms with Crippen molar-refractivity contribution in [2.24, 2.45) is 0 Å². The second-order valence-corrected chi connectivity index (χ2v) is 6.43. The molecule has 3 nitrogen and oxygen atoms in total. The summed E-state index contributed by atoms with van der Waals surface area (Å²) in [6, 6.07) is 1.86. The van der Waals surface area contributed by atoms with Gasteiger partial charge in [-0.05, 0) is 43.4 Å². The summed E-state index contributed by atoms with van der Waals surface area (Å²) < 4.78 is 0. The normalized spacial score (nSPS) is 9.95. The van der Waals surface area contributed by atoms with Crippen LogP contribution in [0.15, 0.2) is 6.07 Å². The number of aliphatic hydroxyl groups is 1. The first-order valence-corrected chi connectivity index (χ1v) is 8.87. The van der Waals surface area contributed by atoms with Crippen molar-refractivity contribution >= 4 is 29.0 Å². The van der Waals surface area contributed by atoms with Crippen molar-refractivity contribution in [1.82, 2.24) is 5.32 Å². The van der Waals surface area contributed by atoms with Crippen molar-refractivity contribution in [2.75, 3.05) is 25.2 Å². The van der Waals surface area contributed by atoms with E-state index < -0.39 is 0 Å². The highest BCUT2D eigenvalue weighted by Crippen LogP contribution is 2.20. The highest BCUT2D eigenvalue weighted by atomic mass is 32.2.